The minimum absolute atomic E-state index is 0.130. The molecule has 0 radical (unpaired) electrons. The minimum atomic E-state index is -0.208. The molecule has 0 unspecified atom stereocenters. The molecule has 1 aliphatic rings. The standard InChI is InChI=1S/C25H32BrN3O3/c1-3-32-16-4-13-27-25(31)22-17-21(28-24(30)19-5-7-20(26)8-6-19)9-10-23(22)29-14-11-18(2)12-15-29/h5-10,17-18H,3-4,11-16H2,1-2H3,(H,27,31)(H,28,30). The van der Waals surface area contributed by atoms with Crippen molar-refractivity contribution in [3.05, 3.63) is 58.1 Å². The second kappa shape index (κ2) is 12.0. The number of anilines is 2. The predicted molar refractivity (Wildman–Crippen MR) is 133 cm³/mol. The Bertz CT molecular complexity index is 909. The normalized spacial score (nSPS) is 14.3. The summed E-state index contributed by atoms with van der Waals surface area (Å²) in [5.74, 6) is 0.363. The lowest BCUT2D eigenvalue weighted by Gasteiger charge is -2.33. The van der Waals surface area contributed by atoms with Crippen molar-refractivity contribution >= 4 is 39.1 Å². The van der Waals surface area contributed by atoms with Gasteiger partial charge in [0.15, 0.2) is 0 Å². The van der Waals surface area contributed by atoms with E-state index in [4.69, 9.17) is 4.74 Å². The molecule has 2 amide bonds. The molecule has 1 saturated heterocycles. The summed E-state index contributed by atoms with van der Waals surface area (Å²) >= 11 is 3.38. The summed E-state index contributed by atoms with van der Waals surface area (Å²) in [5, 5.41) is 5.92. The van der Waals surface area contributed by atoms with Crippen LogP contribution in [-0.4, -0.2) is 44.7 Å². The van der Waals surface area contributed by atoms with E-state index < -0.39 is 0 Å². The van der Waals surface area contributed by atoms with E-state index in [0.29, 0.717) is 42.5 Å². The zero-order chi connectivity index (χ0) is 22.9. The van der Waals surface area contributed by atoms with Crippen LogP contribution in [0.15, 0.2) is 46.9 Å². The third-order valence-electron chi connectivity index (χ3n) is 5.68. The van der Waals surface area contributed by atoms with Crippen molar-refractivity contribution in [3.8, 4) is 0 Å². The fourth-order valence-corrected chi connectivity index (χ4v) is 4.01. The number of carbonyl (C=O) groups excluding carboxylic acids is 2. The zero-order valence-corrected chi connectivity index (χ0v) is 20.4. The average molecular weight is 502 g/mol. The zero-order valence-electron chi connectivity index (χ0n) is 18.8. The van der Waals surface area contributed by atoms with Gasteiger partial charge in [-0.1, -0.05) is 22.9 Å². The number of piperidine rings is 1. The summed E-state index contributed by atoms with van der Waals surface area (Å²) in [7, 11) is 0. The molecule has 172 valence electrons. The number of benzene rings is 2. The van der Waals surface area contributed by atoms with Gasteiger partial charge in [-0.3, -0.25) is 9.59 Å². The molecule has 7 heteroatoms. The summed E-state index contributed by atoms with van der Waals surface area (Å²) in [6, 6.07) is 12.8. The monoisotopic (exact) mass is 501 g/mol. The highest BCUT2D eigenvalue weighted by Crippen LogP contribution is 2.29. The summed E-state index contributed by atoms with van der Waals surface area (Å²) in [5.41, 5.74) is 2.67. The number of nitrogens with one attached hydrogen (secondary N) is 2. The van der Waals surface area contributed by atoms with Gasteiger partial charge in [-0.15, -0.1) is 0 Å². The number of ether oxygens (including phenoxy) is 1. The number of rotatable bonds is 9. The second-order valence-electron chi connectivity index (χ2n) is 8.17. The van der Waals surface area contributed by atoms with E-state index >= 15 is 0 Å². The van der Waals surface area contributed by atoms with Crippen LogP contribution in [0.3, 0.4) is 0 Å². The number of nitrogens with zero attached hydrogens (tertiary/aromatic N) is 1. The van der Waals surface area contributed by atoms with E-state index in [9.17, 15) is 9.59 Å². The van der Waals surface area contributed by atoms with Crippen molar-refractivity contribution in [3.63, 3.8) is 0 Å². The maximum absolute atomic E-state index is 13.1. The molecule has 0 bridgehead atoms. The Morgan fingerprint density at radius 1 is 1.09 bits per heavy atom. The van der Waals surface area contributed by atoms with E-state index in [-0.39, 0.29) is 11.8 Å². The number of amides is 2. The van der Waals surface area contributed by atoms with Crippen LogP contribution in [0.5, 0.6) is 0 Å². The van der Waals surface area contributed by atoms with Crippen LogP contribution in [0.25, 0.3) is 0 Å². The SMILES string of the molecule is CCOCCCNC(=O)c1cc(NC(=O)c2ccc(Br)cc2)ccc1N1CCC(C)CC1. The summed E-state index contributed by atoms with van der Waals surface area (Å²) in [6.07, 6.45) is 2.98. The highest BCUT2D eigenvalue weighted by Gasteiger charge is 2.22. The van der Waals surface area contributed by atoms with Crippen LogP contribution < -0.4 is 15.5 Å². The van der Waals surface area contributed by atoms with Gasteiger partial charge in [0.25, 0.3) is 11.8 Å². The summed E-state index contributed by atoms with van der Waals surface area (Å²) in [6.45, 7) is 7.92. The third-order valence-corrected chi connectivity index (χ3v) is 6.21. The lowest BCUT2D eigenvalue weighted by Crippen LogP contribution is -2.35. The largest absolute Gasteiger partial charge is 0.382 e. The van der Waals surface area contributed by atoms with Gasteiger partial charge in [0.05, 0.1) is 5.56 Å². The molecule has 0 aliphatic carbocycles. The molecule has 0 saturated carbocycles. The Labute approximate surface area is 198 Å². The molecule has 1 fully saturated rings. The van der Waals surface area contributed by atoms with Crippen LogP contribution in [0.4, 0.5) is 11.4 Å². The van der Waals surface area contributed by atoms with E-state index in [1.54, 1.807) is 18.2 Å². The summed E-state index contributed by atoms with van der Waals surface area (Å²) in [4.78, 5) is 28.0. The molecule has 2 aromatic rings. The molecule has 32 heavy (non-hydrogen) atoms. The molecule has 0 atom stereocenters. The number of hydrogen-bond donors (Lipinski definition) is 2. The fourth-order valence-electron chi connectivity index (χ4n) is 3.74. The molecule has 0 aromatic heterocycles. The van der Waals surface area contributed by atoms with Gasteiger partial charge < -0.3 is 20.3 Å². The predicted octanol–water partition coefficient (Wildman–Crippen LogP) is 5.09. The van der Waals surface area contributed by atoms with Crippen molar-refractivity contribution in [1.82, 2.24) is 5.32 Å². The van der Waals surface area contributed by atoms with Gasteiger partial charge in [-0.25, -0.2) is 0 Å². The van der Waals surface area contributed by atoms with Crippen LogP contribution in [-0.2, 0) is 4.74 Å². The van der Waals surface area contributed by atoms with E-state index in [0.717, 1.165) is 42.5 Å². The molecule has 2 aromatic carbocycles. The molecular formula is C25H32BrN3O3. The van der Waals surface area contributed by atoms with E-state index in [1.165, 1.54) is 0 Å². The second-order valence-corrected chi connectivity index (χ2v) is 9.08. The number of hydrogen-bond acceptors (Lipinski definition) is 4. The smallest absolute Gasteiger partial charge is 0.255 e. The maximum Gasteiger partial charge on any atom is 0.255 e. The van der Waals surface area contributed by atoms with Crippen molar-refractivity contribution < 1.29 is 14.3 Å². The lowest BCUT2D eigenvalue weighted by atomic mass is 9.97. The van der Waals surface area contributed by atoms with Gasteiger partial charge in [-0.05, 0) is 74.6 Å². The Morgan fingerprint density at radius 2 is 1.81 bits per heavy atom. The van der Waals surface area contributed by atoms with Crippen LogP contribution in [0, 0.1) is 5.92 Å². The first-order valence-corrected chi connectivity index (χ1v) is 12.1. The molecular weight excluding hydrogens is 470 g/mol. The van der Waals surface area contributed by atoms with Crippen LogP contribution in [0.1, 0.15) is 53.8 Å². The number of carbonyl (C=O) groups is 2. The van der Waals surface area contributed by atoms with E-state index in [2.05, 4.69) is 38.4 Å². The topological polar surface area (TPSA) is 70.7 Å². The van der Waals surface area contributed by atoms with Crippen molar-refractivity contribution in [2.45, 2.75) is 33.1 Å². The molecule has 1 aliphatic heterocycles. The molecule has 2 N–H and O–H groups in total. The maximum atomic E-state index is 13.1. The molecule has 1 heterocycles. The molecule has 6 nitrogen and oxygen atoms in total. The minimum Gasteiger partial charge on any atom is -0.382 e. The highest BCUT2D eigenvalue weighted by atomic mass is 79.9. The molecule has 3 rings (SSSR count). The van der Waals surface area contributed by atoms with Crippen molar-refractivity contribution in [1.29, 1.82) is 0 Å². The van der Waals surface area contributed by atoms with Gasteiger partial charge in [0.1, 0.15) is 0 Å². The first-order chi connectivity index (χ1) is 15.5. The van der Waals surface area contributed by atoms with Crippen molar-refractivity contribution in [2.75, 3.05) is 43.1 Å². The van der Waals surface area contributed by atoms with Gasteiger partial charge in [-0.2, -0.15) is 0 Å². The Morgan fingerprint density at radius 3 is 2.50 bits per heavy atom. The van der Waals surface area contributed by atoms with Gasteiger partial charge >= 0.3 is 0 Å². The first kappa shape index (κ1) is 24.3. The van der Waals surface area contributed by atoms with Crippen molar-refractivity contribution in [2.24, 2.45) is 5.92 Å². The first-order valence-electron chi connectivity index (χ1n) is 11.3. The molecule has 0 spiro atoms. The quantitative estimate of drug-likeness (QED) is 0.469. The Kier molecular flexibility index (Phi) is 9.11. The van der Waals surface area contributed by atoms with Gasteiger partial charge in [0, 0.05) is 54.3 Å². The number of halogens is 1. The summed E-state index contributed by atoms with van der Waals surface area (Å²) < 4.78 is 6.27. The van der Waals surface area contributed by atoms with Gasteiger partial charge in [0.2, 0.25) is 0 Å². The third kappa shape index (κ3) is 6.81. The Balaban J connectivity index is 1.77. The average Bonchev–Trinajstić information content (AvgIpc) is 2.80. The Hall–Kier alpha value is -2.38. The fraction of sp³-hybridized carbons (Fsp3) is 0.440. The highest BCUT2D eigenvalue weighted by molar-refractivity contribution is 9.10. The van der Waals surface area contributed by atoms with E-state index in [1.807, 2.05) is 31.2 Å². The lowest BCUT2D eigenvalue weighted by molar-refractivity contribution is 0.0943. The van der Waals surface area contributed by atoms with Crippen LogP contribution in [0.2, 0.25) is 0 Å². The van der Waals surface area contributed by atoms with Crippen LogP contribution >= 0.6 is 15.9 Å².